The van der Waals surface area contributed by atoms with Gasteiger partial charge in [-0.3, -0.25) is 0 Å². The van der Waals surface area contributed by atoms with Crippen LogP contribution in [0.2, 0.25) is 10.2 Å². The molecule has 0 bridgehead atoms. The van der Waals surface area contributed by atoms with Gasteiger partial charge in [-0.15, -0.1) is 0 Å². The van der Waals surface area contributed by atoms with Gasteiger partial charge in [-0.05, 0) is 24.3 Å². The monoisotopic (exact) mass is 363 g/mol. The molecule has 0 atom stereocenters. The van der Waals surface area contributed by atoms with Crippen molar-refractivity contribution in [2.24, 2.45) is 0 Å². The van der Waals surface area contributed by atoms with Gasteiger partial charge in [-0.1, -0.05) is 35.3 Å². The molecule has 0 unspecified atom stereocenters. The molecule has 0 aliphatic heterocycles. The third-order valence-corrected chi connectivity index (χ3v) is 3.74. The molecule has 7 heteroatoms. The molecule has 1 N–H and O–H groups in total. The first kappa shape index (κ1) is 16.5. The summed E-state index contributed by atoms with van der Waals surface area (Å²) < 4.78 is 18.6. The van der Waals surface area contributed by atoms with Crippen molar-refractivity contribution in [3.05, 3.63) is 64.5 Å². The number of hydrogen-bond donors (Lipinski definition) is 1. The minimum Gasteiger partial charge on any atom is -0.497 e. The Kier molecular flexibility index (Phi) is 4.83. The Bertz CT molecular complexity index is 889. The van der Waals surface area contributed by atoms with Crippen molar-refractivity contribution in [3.8, 4) is 17.1 Å². The van der Waals surface area contributed by atoms with Gasteiger partial charge in [0.2, 0.25) is 0 Å². The predicted molar refractivity (Wildman–Crippen MR) is 93.7 cm³/mol. The second kappa shape index (κ2) is 7.03. The summed E-state index contributed by atoms with van der Waals surface area (Å²) in [7, 11) is 1.57. The van der Waals surface area contributed by atoms with Crippen molar-refractivity contribution >= 4 is 34.7 Å². The number of nitrogens with zero attached hydrogens (tertiary/aromatic N) is 2. The normalized spacial score (nSPS) is 10.5. The van der Waals surface area contributed by atoms with E-state index in [2.05, 4.69) is 15.3 Å². The fraction of sp³-hybridized carbons (Fsp3) is 0.0588. The Morgan fingerprint density at radius 3 is 2.62 bits per heavy atom. The minimum atomic E-state index is -0.374. The van der Waals surface area contributed by atoms with Gasteiger partial charge in [0.15, 0.2) is 5.82 Å². The molecule has 0 spiro atoms. The quantitative estimate of drug-likeness (QED) is 0.635. The van der Waals surface area contributed by atoms with Crippen LogP contribution in [0, 0.1) is 5.82 Å². The fourth-order valence-corrected chi connectivity index (χ4v) is 2.45. The van der Waals surface area contributed by atoms with Crippen LogP contribution < -0.4 is 10.1 Å². The molecule has 0 fully saturated rings. The lowest BCUT2D eigenvalue weighted by molar-refractivity contribution is 0.415. The lowest BCUT2D eigenvalue weighted by Gasteiger charge is -2.11. The van der Waals surface area contributed by atoms with Gasteiger partial charge < -0.3 is 10.1 Å². The van der Waals surface area contributed by atoms with Gasteiger partial charge in [0.1, 0.15) is 22.5 Å². The summed E-state index contributed by atoms with van der Waals surface area (Å²) in [6.07, 6.45) is 0. The largest absolute Gasteiger partial charge is 0.497 e. The van der Waals surface area contributed by atoms with Crippen molar-refractivity contribution < 1.29 is 9.13 Å². The first-order valence-electron chi connectivity index (χ1n) is 6.96. The smallest absolute Gasteiger partial charge is 0.163 e. The van der Waals surface area contributed by atoms with E-state index in [9.17, 15) is 4.39 Å². The van der Waals surface area contributed by atoms with E-state index in [0.717, 1.165) is 0 Å². The second-order valence-corrected chi connectivity index (χ2v) is 5.68. The van der Waals surface area contributed by atoms with Gasteiger partial charge in [0.25, 0.3) is 0 Å². The van der Waals surface area contributed by atoms with E-state index in [-0.39, 0.29) is 11.0 Å². The van der Waals surface area contributed by atoms with Gasteiger partial charge >= 0.3 is 0 Å². The molecule has 24 heavy (non-hydrogen) atoms. The van der Waals surface area contributed by atoms with E-state index in [1.54, 1.807) is 43.5 Å². The van der Waals surface area contributed by atoms with E-state index < -0.39 is 0 Å². The molecule has 0 saturated heterocycles. The predicted octanol–water partition coefficient (Wildman–Crippen LogP) is 5.34. The van der Waals surface area contributed by atoms with Crippen molar-refractivity contribution in [1.29, 1.82) is 0 Å². The van der Waals surface area contributed by atoms with Gasteiger partial charge in [0.05, 0.1) is 17.8 Å². The molecule has 122 valence electrons. The Labute approximate surface area is 148 Å². The maximum Gasteiger partial charge on any atom is 0.163 e. The van der Waals surface area contributed by atoms with Crippen LogP contribution in [-0.4, -0.2) is 17.1 Å². The molecule has 1 heterocycles. The zero-order chi connectivity index (χ0) is 17.1. The highest BCUT2D eigenvalue weighted by molar-refractivity contribution is 6.33. The number of methoxy groups -OCH3 is 1. The minimum absolute atomic E-state index is 0.228. The van der Waals surface area contributed by atoms with Crippen molar-refractivity contribution in [2.45, 2.75) is 0 Å². The molecule has 0 saturated carbocycles. The molecule has 4 nitrogen and oxygen atoms in total. The van der Waals surface area contributed by atoms with Crippen molar-refractivity contribution in [1.82, 2.24) is 9.97 Å². The van der Waals surface area contributed by atoms with E-state index >= 15 is 0 Å². The number of benzene rings is 2. The molecular weight excluding hydrogens is 352 g/mol. The van der Waals surface area contributed by atoms with Crippen LogP contribution in [0.3, 0.4) is 0 Å². The van der Waals surface area contributed by atoms with Crippen LogP contribution in [0.25, 0.3) is 11.4 Å². The third kappa shape index (κ3) is 3.75. The first-order chi connectivity index (χ1) is 11.5. The van der Waals surface area contributed by atoms with Crippen LogP contribution >= 0.6 is 23.2 Å². The molecule has 0 aliphatic rings. The summed E-state index contributed by atoms with van der Waals surface area (Å²) in [6.45, 7) is 0. The lowest BCUT2D eigenvalue weighted by Crippen LogP contribution is -1.99. The summed E-state index contributed by atoms with van der Waals surface area (Å²) in [5.41, 5.74) is 1.13. The molecular formula is C17H12Cl2FN3O. The zero-order valence-electron chi connectivity index (χ0n) is 12.6. The van der Waals surface area contributed by atoms with E-state index in [1.165, 1.54) is 12.1 Å². The highest BCUT2D eigenvalue weighted by Gasteiger charge is 2.09. The summed E-state index contributed by atoms with van der Waals surface area (Å²) in [5.74, 6) is 1.02. The number of ether oxygens (including phenoxy) is 1. The van der Waals surface area contributed by atoms with E-state index in [4.69, 9.17) is 27.9 Å². The van der Waals surface area contributed by atoms with E-state index in [1.807, 2.05) is 0 Å². The molecule has 2 aromatic carbocycles. The number of hydrogen-bond acceptors (Lipinski definition) is 4. The number of aromatic nitrogens is 2. The standard InChI is InChI=1S/C17H12Cl2FN3O/c1-24-12-5-6-13(18)14(8-12)21-16-9-15(19)22-17(23-16)10-3-2-4-11(20)7-10/h2-9H,1H3,(H,21,22,23). The van der Waals surface area contributed by atoms with Gasteiger partial charge in [-0.2, -0.15) is 0 Å². The summed E-state index contributed by atoms with van der Waals surface area (Å²) >= 11 is 12.2. The highest BCUT2D eigenvalue weighted by Crippen LogP contribution is 2.30. The lowest BCUT2D eigenvalue weighted by atomic mass is 10.2. The first-order valence-corrected chi connectivity index (χ1v) is 7.72. The van der Waals surface area contributed by atoms with Gasteiger partial charge in [-0.25, -0.2) is 14.4 Å². The highest BCUT2D eigenvalue weighted by atomic mass is 35.5. The SMILES string of the molecule is COc1ccc(Cl)c(Nc2cc(Cl)nc(-c3cccc(F)c3)n2)c1. The average Bonchev–Trinajstić information content (AvgIpc) is 2.56. The van der Waals surface area contributed by atoms with Crippen LogP contribution in [-0.2, 0) is 0 Å². The number of anilines is 2. The third-order valence-electron chi connectivity index (χ3n) is 3.21. The number of halogens is 3. The Hall–Kier alpha value is -2.37. The summed E-state index contributed by atoms with van der Waals surface area (Å²) in [5, 5.41) is 3.80. The Morgan fingerprint density at radius 2 is 1.88 bits per heavy atom. The van der Waals surface area contributed by atoms with Crippen LogP contribution in [0.4, 0.5) is 15.9 Å². The molecule has 0 radical (unpaired) electrons. The topological polar surface area (TPSA) is 47.0 Å². The molecule has 1 aromatic heterocycles. The summed E-state index contributed by atoms with van der Waals surface area (Å²) in [6, 6.07) is 12.7. The Balaban J connectivity index is 1.98. The Morgan fingerprint density at radius 1 is 1.04 bits per heavy atom. The number of nitrogens with one attached hydrogen (secondary N) is 1. The van der Waals surface area contributed by atoms with Crippen LogP contribution in [0.1, 0.15) is 0 Å². The second-order valence-electron chi connectivity index (χ2n) is 4.88. The van der Waals surface area contributed by atoms with E-state index in [0.29, 0.717) is 33.7 Å². The molecule has 3 aromatic rings. The maximum absolute atomic E-state index is 13.4. The molecule has 0 amide bonds. The van der Waals surface area contributed by atoms with Crippen LogP contribution in [0.5, 0.6) is 5.75 Å². The number of rotatable bonds is 4. The fourth-order valence-electron chi connectivity index (χ4n) is 2.10. The van der Waals surface area contributed by atoms with Crippen LogP contribution in [0.15, 0.2) is 48.5 Å². The molecule has 3 rings (SSSR count). The van der Waals surface area contributed by atoms with Crippen molar-refractivity contribution in [2.75, 3.05) is 12.4 Å². The molecule has 0 aliphatic carbocycles. The zero-order valence-corrected chi connectivity index (χ0v) is 14.1. The maximum atomic E-state index is 13.4. The average molecular weight is 364 g/mol. The summed E-state index contributed by atoms with van der Waals surface area (Å²) in [4.78, 5) is 8.50. The van der Waals surface area contributed by atoms with Crippen molar-refractivity contribution in [3.63, 3.8) is 0 Å². The van der Waals surface area contributed by atoms with Gasteiger partial charge in [0, 0.05) is 17.7 Å².